The summed E-state index contributed by atoms with van der Waals surface area (Å²) in [5.74, 6) is 0. The molecule has 0 aliphatic carbocycles. The minimum absolute atomic E-state index is 0.288. The average Bonchev–Trinajstić information content (AvgIpc) is 2.29. The van der Waals surface area contributed by atoms with Gasteiger partial charge in [0.15, 0.2) is 0 Å². The van der Waals surface area contributed by atoms with Crippen molar-refractivity contribution in [2.75, 3.05) is 18.0 Å². The highest BCUT2D eigenvalue weighted by Crippen LogP contribution is 2.26. The van der Waals surface area contributed by atoms with Crippen molar-refractivity contribution in [3.8, 4) is 0 Å². The summed E-state index contributed by atoms with van der Waals surface area (Å²) in [6.45, 7) is 13.3. The van der Waals surface area contributed by atoms with Gasteiger partial charge in [-0.3, -0.25) is 4.98 Å². The Kier molecular flexibility index (Phi) is 3.62. The second-order valence-electron chi connectivity index (χ2n) is 6.49. The summed E-state index contributed by atoms with van der Waals surface area (Å²) in [7, 11) is 0. The molecule has 1 aliphatic rings. The van der Waals surface area contributed by atoms with Crippen LogP contribution in [-0.4, -0.2) is 30.2 Å². The lowest BCUT2D eigenvalue weighted by Gasteiger charge is -2.45. The lowest BCUT2D eigenvalue weighted by Crippen LogP contribution is -2.59. The molecule has 3 heteroatoms. The van der Waals surface area contributed by atoms with E-state index in [1.54, 1.807) is 0 Å². The third-order valence-corrected chi connectivity index (χ3v) is 3.84. The van der Waals surface area contributed by atoms with Crippen LogP contribution in [0.15, 0.2) is 18.3 Å². The van der Waals surface area contributed by atoms with Gasteiger partial charge in [-0.15, -0.1) is 0 Å². The molecular weight excluding hydrogens is 222 g/mol. The molecule has 2 atom stereocenters. The van der Waals surface area contributed by atoms with Crippen LogP contribution in [0.5, 0.6) is 0 Å². The molecule has 100 valence electrons. The molecule has 1 aromatic rings. The van der Waals surface area contributed by atoms with E-state index < -0.39 is 0 Å². The van der Waals surface area contributed by atoms with Crippen LogP contribution >= 0.6 is 0 Å². The van der Waals surface area contributed by atoms with Gasteiger partial charge >= 0.3 is 0 Å². The molecule has 1 fully saturated rings. The zero-order chi connectivity index (χ0) is 13.3. The van der Waals surface area contributed by atoms with Crippen LogP contribution in [0.4, 0.5) is 5.69 Å². The van der Waals surface area contributed by atoms with E-state index in [1.807, 2.05) is 13.1 Å². The molecule has 0 amide bonds. The summed E-state index contributed by atoms with van der Waals surface area (Å²) >= 11 is 0. The van der Waals surface area contributed by atoms with Gasteiger partial charge in [0.05, 0.1) is 11.9 Å². The smallest absolute Gasteiger partial charge is 0.0556 e. The molecule has 0 aromatic carbocycles. The third-order valence-electron chi connectivity index (χ3n) is 3.84. The zero-order valence-electron chi connectivity index (χ0n) is 12.2. The molecular formula is C15H25N3. The van der Waals surface area contributed by atoms with Crippen LogP contribution in [0.25, 0.3) is 0 Å². The maximum Gasteiger partial charge on any atom is 0.0556 e. The molecule has 1 aromatic heterocycles. The van der Waals surface area contributed by atoms with Crippen molar-refractivity contribution >= 4 is 5.69 Å². The predicted molar refractivity (Wildman–Crippen MR) is 77.0 cm³/mol. The lowest BCUT2D eigenvalue weighted by molar-refractivity contribution is 0.239. The molecule has 0 bridgehead atoms. The monoisotopic (exact) mass is 247 g/mol. The SMILES string of the molecule is Cc1ccc(N2CC(C(C)(C)C)NCC2C)cn1. The molecule has 3 nitrogen and oxygen atoms in total. The Hall–Kier alpha value is -1.09. The van der Waals surface area contributed by atoms with E-state index in [4.69, 9.17) is 0 Å². The number of pyridine rings is 1. The molecule has 2 heterocycles. The van der Waals surface area contributed by atoms with E-state index in [2.05, 4.69) is 55.0 Å². The van der Waals surface area contributed by atoms with Crippen LogP contribution in [0.1, 0.15) is 33.4 Å². The van der Waals surface area contributed by atoms with Crippen LogP contribution in [0.2, 0.25) is 0 Å². The van der Waals surface area contributed by atoms with Crippen LogP contribution in [0.3, 0.4) is 0 Å². The summed E-state index contributed by atoms with van der Waals surface area (Å²) < 4.78 is 0. The Morgan fingerprint density at radius 3 is 2.61 bits per heavy atom. The highest BCUT2D eigenvalue weighted by molar-refractivity contribution is 5.46. The number of aryl methyl sites for hydroxylation is 1. The number of rotatable bonds is 1. The Balaban J connectivity index is 2.17. The Morgan fingerprint density at radius 1 is 1.33 bits per heavy atom. The third kappa shape index (κ3) is 2.83. The Morgan fingerprint density at radius 2 is 2.06 bits per heavy atom. The van der Waals surface area contributed by atoms with E-state index in [9.17, 15) is 0 Å². The standard InChI is InChI=1S/C15H25N3/c1-11-6-7-13(9-16-11)18-10-14(15(3,4)5)17-8-12(18)2/h6-7,9,12,14,17H,8,10H2,1-5H3. The van der Waals surface area contributed by atoms with E-state index in [1.165, 1.54) is 5.69 Å². The fourth-order valence-corrected chi connectivity index (χ4v) is 2.43. The number of anilines is 1. The largest absolute Gasteiger partial charge is 0.365 e. The van der Waals surface area contributed by atoms with E-state index in [-0.39, 0.29) is 5.41 Å². The van der Waals surface area contributed by atoms with Gasteiger partial charge < -0.3 is 10.2 Å². The highest BCUT2D eigenvalue weighted by atomic mass is 15.2. The quantitative estimate of drug-likeness (QED) is 0.827. The van der Waals surface area contributed by atoms with Gasteiger partial charge in [0.1, 0.15) is 0 Å². The van der Waals surface area contributed by atoms with E-state index in [0.29, 0.717) is 12.1 Å². The van der Waals surface area contributed by atoms with Crippen LogP contribution in [-0.2, 0) is 0 Å². The van der Waals surface area contributed by atoms with E-state index >= 15 is 0 Å². The van der Waals surface area contributed by atoms with Crippen molar-refractivity contribution in [3.05, 3.63) is 24.0 Å². The fourth-order valence-electron chi connectivity index (χ4n) is 2.43. The van der Waals surface area contributed by atoms with Gasteiger partial charge in [0, 0.05) is 30.9 Å². The van der Waals surface area contributed by atoms with Crippen LogP contribution < -0.4 is 10.2 Å². The molecule has 0 saturated carbocycles. The second-order valence-corrected chi connectivity index (χ2v) is 6.49. The molecule has 1 aliphatic heterocycles. The van der Waals surface area contributed by atoms with Crippen molar-refractivity contribution in [2.24, 2.45) is 5.41 Å². The molecule has 18 heavy (non-hydrogen) atoms. The first-order valence-electron chi connectivity index (χ1n) is 6.80. The molecule has 1 N–H and O–H groups in total. The van der Waals surface area contributed by atoms with Gasteiger partial charge in [-0.05, 0) is 31.4 Å². The number of nitrogens with zero attached hydrogens (tertiary/aromatic N) is 2. The molecule has 2 rings (SSSR count). The number of hydrogen-bond donors (Lipinski definition) is 1. The van der Waals surface area contributed by atoms with Gasteiger partial charge in [0.2, 0.25) is 0 Å². The summed E-state index contributed by atoms with van der Waals surface area (Å²) in [5.41, 5.74) is 2.61. The summed E-state index contributed by atoms with van der Waals surface area (Å²) in [5, 5.41) is 3.66. The van der Waals surface area contributed by atoms with Crippen molar-refractivity contribution in [1.29, 1.82) is 0 Å². The van der Waals surface area contributed by atoms with Gasteiger partial charge in [-0.1, -0.05) is 20.8 Å². The Bertz CT molecular complexity index is 391. The van der Waals surface area contributed by atoms with E-state index in [0.717, 1.165) is 18.8 Å². The van der Waals surface area contributed by atoms with Gasteiger partial charge in [-0.2, -0.15) is 0 Å². The fraction of sp³-hybridized carbons (Fsp3) is 0.667. The van der Waals surface area contributed by atoms with Crippen molar-refractivity contribution < 1.29 is 0 Å². The summed E-state index contributed by atoms with van der Waals surface area (Å²) in [6.07, 6.45) is 2.00. The van der Waals surface area contributed by atoms with Gasteiger partial charge in [0.25, 0.3) is 0 Å². The van der Waals surface area contributed by atoms with Crippen molar-refractivity contribution in [1.82, 2.24) is 10.3 Å². The number of aromatic nitrogens is 1. The van der Waals surface area contributed by atoms with Gasteiger partial charge in [-0.25, -0.2) is 0 Å². The number of piperazine rings is 1. The minimum Gasteiger partial charge on any atom is -0.365 e. The number of nitrogens with one attached hydrogen (secondary N) is 1. The van der Waals surface area contributed by atoms with Crippen LogP contribution in [0, 0.1) is 12.3 Å². The molecule has 1 saturated heterocycles. The highest BCUT2D eigenvalue weighted by Gasteiger charge is 2.32. The first-order valence-corrected chi connectivity index (χ1v) is 6.80. The summed E-state index contributed by atoms with van der Waals surface area (Å²) in [4.78, 5) is 6.88. The molecule has 0 spiro atoms. The minimum atomic E-state index is 0.288. The molecule has 0 radical (unpaired) electrons. The maximum atomic E-state index is 4.41. The van der Waals surface area contributed by atoms with Crippen molar-refractivity contribution in [2.45, 2.75) is 46.7 Å². The average molecular weight is 247 g/mol. The maximum absolute atomic E-state index is 4.41. The normalized spacial score (nSPS) is 25.3. The predicted octanol–water partition coefficient (Wildman–Crippen LogP) is 2.60. The first-order chi connectivity index (χ1) is 8.38. The topological polar surface area (TPSA) is 28.2 Å². The Labute approximate surface area is 111 Å². The summed E-state index contributed by atoms with van der Waals surface area (Å²) in [6, 6.07) is 5.32. The second kappa shape index (κ2) is 4.88. The molecule has 2 unspecified atom stereocenters. The van der Waals surface area contributed by atoms with Crippen molar-refractivity contribution in [3.63, 3.8) is 0 Å². The zero-order valence-corrected chi connectivity index (χ0v) is 12.2. The lowest BCUT2D eigenvalue weighted by atomic mass is 9.84. The first kappa shape index (κ1) is 13.3. The number of hydrogen-bond acceptors (Lipinski definition) is 3.